The predicted molar refractivity (Wildman–Crippen MR) is 154 cm³/mol. The van der Waals surface area contributed by atoms with Gasteiger partial charge in [-0.1, -0.05) is 30.2 Å². The first kappa shape index (κ1) is 31.6. The number of nitrogens with zero attached hydrogens (tertiary/aromatic N) is 4. The summed E-state index contributed by atoms with van der Waals surface area (Å²) in [6, 6.07) is 10.8. The van der Waals surface area contributed by atoms with Gasteiger partial charge in [-0.2, -0.15) is 9.97 Å². The van der Waals surface area contributed by atoms with Crippen molar-refractivity contribution in [2.75, 3.05) is 13.2 Å². The van der Waals surface area contributed by atoms with Crippen molar-refractivity contribution in [3.05, 3.63) is 65.6 Å². The van der Waals surface area contributed by atoms with E-state index in [1.807, 2.05) is 19.1 Å². The molecule has 1 saturated carbocycles. The molecule has 1 fully saturated rings. The first-order chi connectivity index (χ1) is 20.4. The zero-order valence-electron chi connectivity index (χ0n) is 23.6. The number of carbonyl (C=O) groups excluding carboxylic acids is 2. The van der Waals surface area contributed by atoms with Crippen LogP contribution in [0.3, 0.4) is 0 Å². The Kier molecular flexibility index (Phi) is 10.4. The van der Waals surface area contributed by atoms with Crippen molar-refractivity contribution < 1.29 is 32.5 Å². The number of nitrogens with two attached hydrogens (primary N) is 1. The van der Waals surface area contributed by atoms with Crippen LogP contribution in [0, 0.1) is 5.82 Å². The number of halogens is 2. The summed E-state index contributed by atoms with van der Waals surface area (Å²) in [4.78, 5) is 32.8. The zero-order valence-corrected chi connectivity index (χ0v) is 24.4. The molecule has 1 unspecified atom stereocenters. The van der Waals surface area contributed by atoms with Crippen LogP contribution < -0.4 is 15.8 Å². The van der Waals surface area contributed by atoms with Crippen molar-refractivity contribution >= 4 is 24.3 Å². The molecule has 12 nitrogen and oxygen atoms in total. The number of ether oxygens (including phenoxy) is 2. The fourth-order valence-corrected chi connectivity index (χ4v) is 4.10. The Bertz CT molecular complexity index is 1540. The topological polar surface area (TPSA) is 168 Å². The Morgan fingerprint density at radius 2 is 1.72 bits per heavy atom. The standard InChI is InChI=1S/C29H31FN6O6.ClH/c1-3-19(15-39-24(37)14-31)32-27(38)21-12-9-18(13-22(21)30)26-34-29(42-36-26)23(4-2)40-20-10-7-16(8-11-20)25-33-28(41-35-25)17-5-6-17;/h7-13,17,19,23H,3-6,14-15,31H2,1-2H3,(H,32,38);1H/t19-,23?;/m0./s1. The van der Waals surface area contributed by atoms with Crippen LogP contribution in [0.5, 0.6) is 5.75 Å². The number of nitrogens with one attached hydrogen (secondary N) is 1. The number of rotatable bonds is 13. The second-order valence-corrected chi connectivity index (χ2v) is 9.89. The molecule has 0 saturated heterocycles. The fraction of sp³-hybridized carbons (Fsp3) is 0.379. The minimum atomic E-state index is -0.764. The Hall–Kier alpha value is -4.36. The van der Waals surface area contributed by atoms with Gasteiger partial charge in [-0.15, -0.1) is 12.4 Å². The highest BCUT2D eigenvalue weighted by Crippen LogP contribution is 2.39. The van der Waals surface area contributed by atoms with Crippen LogP contribution >= 0.6 is 12.4 Å². The first-order valence-electron chi connectivity index (χ1n) is 13.8. The smallest absolute Gasteiger partial charge is 0.319 e. The van der Waals surface area contributed by atoms with Crippen LogP contribution in [0.25, 0.3) is 22.8 Å². The summed E-state index contributed by atoms with van der Waals surface area (Å²) in [6.45, 7) is 3.39. The van der Waals surface area contributed by atoms with Crippen molar-refractivity contribution in [2.24, 2.45) is 5.73 Å². The summed E-state index contributed by atoms with van der Waals surface area (Å²) >= 11 is 0. The lowest BCUT2D eigenvalue weighted by atomic mass is 10.1. The molecule has 2 aromatic carbocycles. The number of hydrogen-bond donors (Lipinski definition) is 2. The maximum absolute atomic E-state index is 14.9. The number of carbonyl (C=O) groups is 2. The largest absolute Gasteiger partial charge is 0.481 e. The molecule has 228 valence electrons. The molecule has 0 spiro atoms. The molecule has 43 heavy (non-hydrogen) atoms. The molecule has 4 aromatic rings. The Morgan fingerprint density at radius 3 is 2.37 bits per heavy atom. The number of aromatic nitrogens is 4. The molecule has 2 atom stereocenters. The third-order valence-electron chi connectivity index (χ3n) is 6.76. The number of amides is 1. The summed E-state index contributed by atoms with van der Waals surface area (Å²) in [5.74, 6) is 0.555. The van der Waals surface area contributed by atoms with Gasteiger partial charge in [-0.25, -0.2) is 4.39 Å². The second kappa shape index (κ2) is 14.2. The fourth-order valence-electron chi connectivity index (χ4n) is 4.10. The van der Waals surface area contributed by atoms with Gasteiger partial charge in [-0.05, 0) is 62.1 Å². The number of esters is 1. The number of hydrogen-bond acceptors (Lipinski definition) is 11. The van der Waals surface area contributed by atoms with Crippen LogP contribution in [-0.4, -0.2) is 51.4 Å². The van der Waals surface area contributed by atoms with Gasteiger partial charge in [0.05, 0.1) is 18.2 Å². The molecule has 0 radical (unpaired) electrons. The second-order valence-electron chi connectivity index (χ2n) is 9.89. The van der Waals surface area contributed by atoms with Gasteiger partial charge >= 0.3 is 5.97 Å². The molecule has 2 heterocycles. The van der Waals surface area contributed by atoms with Crippen molar-refractivity contribution in [2.45, 2.75) is 57.6 Å². The summed E-state index contributed by atoms with van der Waals surface area (Å²) < 4.78 is 36.8. The molecule has 0 aliphatic heterocycles. The lowest BCUT2D eigenvalue weighted by Crippen LogP contribution is -2.39. The van der Waals surface area contributed by atoms with E-state index in [0.717, 1.165) is 24.5 Å². The molecule has 1 aliphatic rings. The quantitative estimate of drug-likeness (QED) is 0.199. The Labute approximate surface area is 252 Å². The molecule has 0 bridgehead atoms. The van der Waals surface area contributed by atoms with Crippen LogP contribution in [-0.2, 0) is 9.53 Å². The van der Waals surface area contributed by atoms with E-state index in [0.29, 0.717) is 41.8 Å². The maximum Gasteiger partial charge on any atom is 0.319 e. The SMILES string of the molecule is CCC(Oc1ccc(-c2noc(C3CC3)n2)cc1)c1nc(-c2ccc(C(=O)N[C@@H](CC)COC(=O)CN)c(F)c2)no1.Cl. The number of benzene rings is 2. The van der Waals surface area contributed by atoms with Gasteiger partial charge < -0.3 is 29.6 Å². The third kappa shape index (κ3) is 7.73. The Morgan fingerprint density at radius 1 is 1.02 bits per heavy atom. The molecular formula is C29H32ClFN6O6. The van der Waals surface area contributed by atoms with Crippen LogP contribution in [0.1, 0.15) is 73.7 Å². The lowest BCUT2D eigenvalue weighted by molar-refractivity contribution is -0.142. The van der Waals surface area contributed by atoms with Crippen molar-refractivity contribution in [1.29, 1.82) is 0 Å². The minimum Gasteiger partial charge on any atom is -0.481 e. The van der Waals surface area contributed by atoms with Crippen LogP contribution in [0.2, 0.25) is 0 Å². The average Bonchev–Trinajstić information content (AvgIpc) is 3.53. The first-order valence-corrected chi connectivity index (χ1v) is 13.8. The molecule has 3 N–H and O–H groups in total. The summed E-state index contributed by atoms with van der Waals surface area (Å²) in [5.41, 5.74) is 6.19. The monoisotopic (exact) mass is 614 g/mol. The van der Waals surface area contributed by atoms with Crippen molar-refractivity contribution in [3.63, 3.8) is 0 Å². The Balaban J connectivity index is 0.00000423. The van der Waals surface area contributed by atoms with E-state index < -0.39 is 29.8 Å². The molecule has 1 aliphatic carbocycles. The molecule has 5 rings (SSSR count). The van der Waals surface area contributed by atoms with Gasteiger partial charge in [0.2, 0.25) is 17.5 Å². The maximum atomic E-state index is 14.9. The highest BCUT2D eigenvalue weighted by Gasteiger charge is 2.30. The zero-order chi connectivity index (χ0) is 29.6. The molecule has 2 aromatic heterocycles. The summed E-state index contributed by atoms with van der Waals surface area (Å²) in [6.07, 6.45) is 2.63. The van der Waals surface area contributed by atoms with E-state index in [9.17, 15) is 14.0 Å². The summed E-state index contributed by atoms with van der Waals surface area (Å²) in [5, 5.41) is 10.7. The average molecular weight is 615 g/mol. The molecule has 14 heteroatoms. The van der Waals surface area contributed by atoms with Gasteiger partial charge in [-0.3, -0.25) is 9.59 Å². The summed E-state index contributed by atoms with van der Waals surface area (Å²) in [7, 11) is 0. The molecular weight excluding hydrogens is 583 g/mol. The van der Waals surface area contributed by atoms with E-state index in [1.165, 1.54) is 12.1 Å². The van der Waals surface area contributed by atoms with E-state index in [-0.39, 0.29) is 42.8 Å². The van der Waals surface area contributed by atoms with Crippen LogP contribution in [0.4, 0.5) is 4.39 Å². The van der Waals surface area contributed by atoms with Gasteiger partial charge in [0, 0.05) is 17.0 Å². The van der Waals surface area contributed by atoms with E-state index in [1.54, 1.807) is 19.1 Å². The van der Waals surface area contributed by atoms with Crippen molar-refractivity contribution in [3.8, 4) is 28.5 Å². The van der Waals surface area contributed by atoms with Crippen molar-refractivity contribution in [1.82, 2.24) is 25.6 Å². The third-order valence-corrected chi connectivity index (χ3v) is 6.76. The highest BCUT2D eigenvalue weighted by atomic mass is 35.5. The van der Waals surface area contributed by atoms with E-state index in [2.05, 4.69) is 25.6 Å². The highest BCUT2D eigenvalue weighted by molar-refractivity contribution is 5.95. The van der Waals surface area contributed by atoms with Gasteiger partial charge in [0.15, 0.2) is 6.10 Å². The predicted octanol–water partition coefficient (Wildman–Crippen LogP) is 4.77. The van der Waals surface area contributed by atoms with E-state index >= 15 is 0 Å². The van der Waals surface area contributed by atoms with Gasteiger partial charge in [0.1, 0.15) is 18.2 Å². The van der Waals surface area contributed by atoms with Crippen LogP contribution in [0.15, 0.2) is 51.5 Å². The van der Waals surface area contributed by atoms with E-state index in [4.69, 9.17) is 24.3 Å². The van der Waals surface area contributed by atoms with Gasteiger partial charge in [0.25, 0.3) is 11.8 Å². The molecule has 1 amide bonds. The normalized spacial score (nSPS) is 14.0. The lowest BCUT2D eigenvalue weighted by Gasteiger charge is -2.17. The minimum absolute atomic E-state index is 0.